The predicted molar refractivity (Wildman–Crippen MR) is 38.1 cm³/mol. The molecule has 0 fully saturated rings. The molecule has 0 amide bonds. The van der Waals surface area contributed by atoms with Crippen LogP contribution in [0.4, 0.5) is 0 Å². The Hall–Kier alpha value is -0.960. The number of ether oxygens (including phenoxy) is 1. The second-order valence-electron chi connectivity index (χ2n) is 1.87. The van der Waals surface area contributed by atoms with Crippen molar-refractivity contribution in [2.45, 2.75) is 13.2 Å². The van der Waals surface area contributed by atoms with Gasteiger partial charge in [-0.3, -0.25) is 9.79 Å². The van der Waals surface area contributed by atoms with E-state index in [1.807, 2.05) is 6.92 Å². The van der Waals surface area contributed by atoms with Gasteiger partial charge in [0.05, 0.1) is 0 Å². The van der Waals surface area contributed by atoms with E-state index in [0.29, 0.717) is 6.61 Å². The van der Waals surface area contributed by atoms with Crippen molar-refractivity contribution in [2.24, 2.45) is 4.99 Å². The molecule has 3 nitrogen and oxygen atoms in total. The molecule has 0 aliphatic carbocycles. The lowest BCUT2D eigenvalue weighted by Crippen LogP contribution is -2.22. The Morgan fingerprint density at radius 1 is 1.80 bits per heavy atom. The van der Waals surface area contributed by atoms with Crippen molar-refractivity contribution in [3.05, 3.63) is 12.2 Å². The third-order valence-electron chi connectivity index (χ3n) is 1.14. The van der Waals surface area contributed by atoms with Gasteiger partial charge in [0, 0.05) is 12.8 Å². The van der Waals surface area contributed by atoms with Gasteiger partial charge in [0.15, 0.2) is 0 Å². The molecule has 10 heavy (non-hydrogen) atoms. The molecular formula is C7H9NO2. The van der Waals surface area contributed by atoms with Crippen molar-refractivity contribution in [2.75, 3.05) is 6.61 Å². The molecule has 0 saturated heterocycles. The Morgan fingerprint density at radius 2 is 2.60 bits per heavy atom. The summed E-state index contributed by atoms with van der Waals surface area (Å²) in [5, 5.41) is 0. The molecule has 1 atom stereocenters. The molecule has 1 aliphatic rings. The van der Waals surface area contributed by atoms with Crippen LogP contribution in [0.2, 0.25) is 0 Å². The highest BCUT2D eigenvalue weighted by Gasteiger charge is 2.14. The Kier molecular flexibility index (Phi) is 2.34. The van der Waals surface area contributed by atoms with Crippen LogP contribution in [-0.2, 0) is 9.53 Å². The molecule has 0 spiro atoms. The summed E-state index contributed by atoms with van der Waals surface area (Å²) in [6.45, 7) is 2.35. The van der Waals surface area contributed by atoms with Crippen molar-refractivity contribution in [1.29, 1.82) is 0 Å². The fourth-order valence-corrected chi connectivity index (χ4v) is 0.705. The highest BCUT2D eigenvalue weighted by Crippen LogP contribution is 2.00. The maximum atomic E-state index is 10.9. The van der Waals surface area contributed by atoms with Crippen LogP contribution in [0.15, 0.2) is 17.1 Å². The predicted octanol–water partition coefficient (Wildman–Crippen LogP) is 0.559. The first-order chi connectivity index (χ1) is 4.84. The average Bonchev–Trinajstić information content (AvgIpc) is 1.94. The van der Waals surface area contributed by atoms with Gasteiger partial charge >= 0.3 is 0 Å². The monoisotopic (exact) mass is 139 g/mol. The fraction of sp³-hybridized carbons (Fsp3) is 0.429. The maximum Gasteiger partial charge on any atom is 0.211 e. The molecule has 0 aromatic heterocycles. The van der Waals surface area contributed by atoms with E-state index in [0.717, 1.165) is 0 Å². The number of carbonyl (C=O) groups excluding carboxylic acids is 1. The number of dihydropyridines is 1. The first kappa shape index (κ1) is 7.15. The number of rotatable bonds is 2. The Bertz CT molecular complexity index is 184. The van der Waals surface area contributed by atoms with Crippen molar-refractivity contribution in [1.82, 2.24) is 0 Å². The topological polar surface area (TPSA) is 38.7 Å². The minimum Gasteiger partial charge on any atom is -0.350 e. The smallest absolute Gasteiger partial charge is 0.211 e. The second-order valence-corrected chi connectivity index (χ2v) is 1.87. The maximum absolute atomic E-state index is 10.9. The number of allylic oxidation sites excluding steroid dienone is 1. The Morgan fingerprint density at radius 3 is 3.20 bits per heavy atom. The third-order valence-corrected chi connectivity index (χ3v) is 1.14. The summed E-state index contributed by atoms with van der Waals surface area (Å²) in [4.78, 5) is 14.7. The molecule has 0 aromatic rings. The molecule has 1 unspecified atom stereocenters. The Balaban J connectivity index is 2.53. The van der Waals surface area contributed by atoms with Crippen molar-refractivity contribution < 1.29 is 9.53 Å². The van der Waals surface area contributed by atoms with E-state index in [9.17, 15) is 4.79 Å². The van der Waals surface area contributed by atoms with Gasteiger partial charge in [0.1, 0.15) is 0 Å². The molecule has 0 radical (unpaired) electrons. The van der Waals surface area contributed by atoms with Gasteiger partial charge in [-0.15, -0.1) is 0 Å². The number of nitrogens with zero attached hydrogens (tertiary/aromatic N) is 1. The summed E-state index contributed by atoms with van der Waals surface area (Å²) in [6, 6.07) is 0. The molecule has 0 aromatic carbocycles. The molecule has 1 aliphatic heterocycles. The zero-order chi connectivity index (χ0) is 7.40. The third kappa shape index (κ3) is 1.51. The summed E-state index contributed by atoms with van der Waals surface area (Å²) in [5.41, 5.74) is 0. The lowest BCUT2D eigenvalue weighted by atomic mass is 10.3. The molecule has 0 bridgehead atoms. The van der Waals surface area contributed by atoms with E-state index in [4.69, 9.17) is 4.74 Å². The van der Waals surface area contributed by atoms with Crippen LogP contribution in [0, 0.1) is 0 Å². The van der Waals surface area contributed by atoms with Gasteiger partial charge in [-0.25, -0.2) is 0 Å². The van der Waals surface area contributed by atoms with Crippen molar-refractivity contribution in [3.63, 3.8) is 0 Å². The van der Waals surface area contributed by atoms with Crippen molar-refractivity contribution in [3.8, 4) is 0 Å². The van der Waals surface area contributed by atoms with E-state index in [2.05, 4.69) is 4.99 Å². The van der Waals surface area contributed by atoms with Gasteiger partial charge in [-0.05, 0) is 19.1 Å². The summed E-state index contributed by atoms with van der Waals surface area (Å²) >= 11 is 0. The van der Waals surface area contributed by atoms with Crippen LogP contribution >= 0.6 is 0 Å². The SMILES string of the molecule is CCOC1N=CC=CC1=O. The van der Waals surface area contributed by atoms with Gasteiger partial charge in [-0.1, -0.05) is 0 Å². The molecular weight excluding hydrogens is 130 g/mol. The zero-order valence-electron chi connectivity index (χ0n) is 5.78. The van der Waals surface area contributed by atoms with Crippen LogP contribution in [0.25, 0.3) is 0 Å². The number of ketones is 1. The van der Waals surface area contributed by atoms with Crippen LogP contribution in [0.3, 0.4) is 0 Å². The standard InChI is InChI=1S/C7H9NO2/c1-2-10-7-6(9)4-3-5-8-7/h3-5,7H,2H2,1H3. The van der Waals surface area contributed by atoms with E-state index >= 15 is 0 Å². The van der Waals surface area contributed by atoms with E-state index in [1.54, 1.807) is 12.3 Å². The molecule has 1 heterocycles. The fourth-order valence-electron chi connectivity index (χ4n) is 0.705. The number of carbonyl (C=O) groups is 1. The Labute approximate surface area is 59.4 Å². The number of aliphatic imine (C=N–C) groups is 1. The molecule has 3 heteroatoms. The highest BCUT2D eigenvalue weighted by atomic mass is 16.5. The molecule has 0 saturated carbocycles. The normalized spacial score (nSPS) is 23.7. The minimum atomic E-state index is -0.588. The molecule has 54 valence electrons. The summed E-state index contributed by atoms with van der Waals surface area (Å²) < 4.78 is 5.00. The number of hydrogen-bond donors (Lipinski definition) is 0. The summed E-state index contributed by atoms with van der Waals surface area (Å²) in [6.07, 6.45) is 4.06. The van der Waals surface area contributed by atoms with Crippen LogP contribution < -0.4 is 0 Å². The van der Waals surface area contributed by atoms with E-state index in [1.165, 1.54) is 6.08 Å². The first-order valence-corrected chi connectivity index (χ1v) is 3.20. The highest BCUT2D eigenvalue weighted by molar-refractivity contribution is 5.99. The lowest BCUT2D eigenvalue weighted by molar-refractivity contribution is -0.124. The van der Waals surface area contributed by atoms with Gasteiger partial charge < -0.3 is 4.74 Å². The van der Waals surface area contributed by atoms with E-state index in [-0.39, 0.29) is 5.78 Å². The largest absolute Gasteiger partial charge is 0.350 e. The lowest BCUT2D eigenvalue weighted by Gasteiger charge is -2.09. The summed E-state index contributed by atoms with van der Waals surface area (Å²) in [7, 11) is 0. The van der Waals surface area contributed by atoms with Crippen LogP contribution in [-0.4, -0.2) is 24.8 Å². The van der Waals surface area contributed by atoms with E-state index < -0.39 is 6.23 Å². The van der Waals surface area contributed by atoms with Crippen LogP contribution in [0.1, 0.15) is 6.92 Å². The summed E-state index contributed by atoms with van der Waals surface area (Å²) in [5.74, 6) is -0.0793. The quantitative estimate of drug-likeness (QED) is 0.560. The zero-order valence-corrected chi connectivity index (χ0v) is 5.78. The van der Waals surface area contributed by atoms with Gasteiger partial charge in [-0.2, -0.15) is 0 Å². The second kappa shape index (κ2) is 3.27. The number of hydrogen-bond acceptors (Lipinski definition) is 3. The van der Waals surface area contributed by atoms with Gasteiger partial charge in [0.25, 0.3) is 0 Å². The minimum absolute atomic E-state index is 0.0793. The van der Waals surface area contributed by atoms with Gasteiger partial charge in [0.2, 0.25) is 12.0 Å². The molecule has 0 N–H and O–H groups in total. The first-order valence-electron chi connectivity index (χ1n) is 3.20. The van der Waals surface area contributed by atoms with Crippen LogP contribution in [0.5, 0.6) is 0 Å². The average molecular weight is 139 g/mol. The van der Waals surface area contributed by atoms with Crippen molar-refractivity contribution >= 4 is 12.0 Å². The molecule has 1 rings (SSSR count).